The number of aromatic amines is 1. The quantitative estimate of drug-likeness (QED) is 0.617. The molecule has 0 aliphatic carbocycles. The maximum absolute atomic E-state index is 11.6. The molecule has 0 spiro atoms. The number of rotatable bonds is 7. The van der Waals surface area contributed by atoms with E-state index in [2.05, 4.69) is 20.6 Å². The maximum atomic E-state index is 11.6. The first kappa shape index (κ1) is 14.0. The summed E-state index contributed by atoms with van der Waals surface area (Å²) in [5.74, 6) is 0.929. The first-order valence-corrected chi connectivity index (χ1v) is 6.92. The Morgan fingerprint density at radius 2 is 2.32 bits per heavy atom. The van der Waals surface area contributed by atoms with E-state index in [1.807, 2.05) is 0 Å². The molecule has 1 amide bonds. The summed E-state index contributed by atoms with van der Waals surface area (Å²) in [6.07, 6.45) is 7.49. The van der Waals surface area contributed by atoms with Gasteiger partial charge in [-0.1, -0.05) is 0 Å². The number of aromatic nitrogens is 2. The predicted molar refractivity (Wildman–Crippen MR) is 71.8 cm³/mol. The molecule has 6 heteroatoms. The van der Waals surface area contributed by atoms with E-state index >= 15 is 0 Å². The van der Waals surface area contributed by atoms with Crippen LogP contribution in [-0.2, 0) is 16.0 Å². The van der Waals surface area contributed by atoms with Crippen LogP contribution in [0.3, 0.4) is 0 Å². The smallest absolute Gasteiger partial charge is 0.246 e. The lowest BCUT2D eigenvalue weighted by atomic mass is 10.1. The number of piperidine rings is 1. The Bertz CT molecular complexity index is 361. The zero-order valence-corrected chi connectivity index (χ0v) is 11.2. The number of imidazole rings is 1. The van der Waals surface area contributed by atoms with Crippen LogP contribution in [-0.4, -0.2) is 48.2 Å². The molecule has 0 radical (unpaired) electrons. The van der Waals surface area contributed by atoms with Crippen LogP contribution < -0.4 is 10.6 Å². The van der Waals surface area contributed by atoms with Gasteiger partial charge in [-0.05, 0) is 32.4 Å². The number of nitrogens with one attached hydrogen (secondary N) is 3. The molecule has 0 aromatic carbocycles. The number of aryl methyl sites for hydroxylation is 1. The normalized spacial score (nSPS) is 16.4. The monoisotopic (exact) mass is 266 g/mol. The number of nitrogens with zero attached hydrogens (tertiary/aromatic N) is 1. The van der Waals surface area contributed by atoms with Crippen molar-refractivity contribution in [3.05, 3.63) is 18.2 Å². The Morgan fingerprint density at radius 3 is 3.05 bits per heavy atom. The number of ether oxygens (including phenoxy) is 1. The number of hydrogen-bond acceptors (Lipinski definition) is 4. The van der Waals surface area contributed by atoms with Crippen LogP contribution >= 0.6 is 0 Å². The number of carbonyl (C=O) groups excluding carboxylic acids is 1. The molecule has 0 bridgehead atoms. The molecule has 1 saturated heterocycles. The van der Waals surface area contributed by atoms with Gasteiger partial charge in [0.25, 0.3) is 0 Å². The topological polar surface area (TPSA) is 79.0 Å². The maximum Gasteiger partial charge on any atom is 0.246 e. The van der Waals surface area contributed by atoms with E-state index in [0.717, 1.165) is 44.6 Å². The average molecular weight is 266 g/mol. The largest absolute Gasteiger partial charge is 0.368 e. The van der Waals surface area contributed by atoms with Gasteiger partial charge in [-0.25, -0.2) is 4.98 Å². The summed E-state index contributed by atoms with van der Waals surface area (Å²) in [4.78, 5) is 18.7. The summed E-state index contributed by atoms with van der Waals surface area (Å²) in [6.45, 7) is 2.80. The SMILES string of the molecule is O=C(COC1CCNCC1)NCCCc1ncc[nH]1. The van der Waals surface area contributed by atoms with Crippen molar-refractivity contribution in [1.82, 2.24) is 20.6 Å². The molecule has 0 unspecified atom stereocenters. The summed E-state index contributed by atoms with van der Waals surface area (Å²) in [7, 11) is 0. The van der Waals surface area contributed by atoms with Crippen molar-refractivity contribution >= 4 is 5.91 Å². The van der Waals surface area contributed by atoms with Crippen molar-refractivity contribution < 1.29 is 9.53 Å². The van der Waals surface area contributed by atoms with Crippen LogP contribution in [0.1, 0.15) is 25.1 Å². The lowest BCUT2D eigenvalue weighted by molar-refractivity contribution is -0.128. The lowest BCUT2D eigenvalue weighted by Gasteiger charge is -2.22. The summed E-state index contributed by atoms with van der Waals surface area (Å²) in [5.41, 5.74) is 0. The minimum Gasteiger partial charge on any atom is -0.368 e. The van der Waals surface area contributed by atoms with E-state index in [1.54, 1.807) is 12.4 Å². The van der Waals surface area contributed by atoms with Gasteiger partial charge in [-0.2, -0.15) is 0 Å². The lowest BCUT2D eigenvalue weighted by Crippen LogP contribution is -2.36. The van der Waals surface area contributed by atoms with Gasteiger partial charge < -0.3 is 20.4 Å². The molecule has 19 heavy (non-hydrogen) atoms. The molecule has 1 aliphatic rings. The third-order valence-electron chi connectivity index (χ3n) is 3.20. The van der Waals surface area contributed by atoms with Crippen LogP contribution in [0.4, 0.5) is 0 Å². The van der Waals surface area contributed by atoms with Crippen molar-refractivity contribution in [1.29, 1.82) is 0 Å². The highest BCUT2D eigenvalue weighted by molar-refractivity contribution is 5.77. The molecule has 1 aromatic rings. The Kier molecular flexibility index (Phi) is 5.84. The van der Waals surface area contributed by atoms with Crippen LogP contribution in [0.5, 0.6) is 0 Å². The van der Waals surface area contributed by atoms with E-state index in [4.69, 9.17) is 4.74 Å². The molecule has 0 saturated carbocycles. The second-order valence-electron chi connectivity index (χ2n) is 4.75. The van der Waals surface area contributed by atoms with Gasteiger partial charge in [-0.3, -0.25) is 4.79 Å². The van der Waals surface area contributed by atoms with Gasteiger partial charge in [0.15, 0.2) is 0 Å². The summed E-state index contributed by atoms with van der Waals surface area (Å²) >= 11 is 0. The van der Waals surface area contributed by atoms with Gasteiger partial charge in [-0.15, -0.1) is 0 Å². The molecule has 2 rings (SSSR count). The highest BCUT2D eigenvalue weighted by Gasteiger charge is 2.14. The van der Waals surface area contributed by atoms with Crippen molar-refractivity contribution in [2.24, 2.45) is 0 Å². The molecule has 2 heterocycles. The summed E-state index contributed by atoms with van der Waals surface area (Å²) < 4.78 is 5.58. The van der Waals surface area contributed by atoms with E-state index in [1.165, 1.54) is 0 Å². The molecule has 6 nitrogen and oxygen atoms in total. The summed E-state index contributed by atoms with van der Waals surface area (Å²) in [6, 6.07) is 0. The average Bonchev–Trinajstić information content (AvgIpc) is 2.96. The third kappa shape index (κ3) is 5.40. The molecule has 106 valence electrons. The third-order valence-corrected chi connectivity index (χ3v) is 3.20. The zero-order valence-electron chi connectivity index (χ0n) is 11.2. The van der Waals surface area contributed by atoms with E-state index in [-0.39, 0.29) is 18.6 Å². The Hall–Kier alpha value is -1.40. The molecule has 0 atom stereocenters. The summed E-state index contributed by atoms with van der Waals surface area (Å²) in [5, 5.41) is 6.13. The number of amides is 1. The van der Waals surface area contributed by atoms with E-state index < -0.39 is 0 Å². The fourth-order valence-electron chi connectivity index (χ4n) is 2.13. The second-order valence-corrected chi connectivity index (χ2v) is 4.75. The molecule has 1 aromatic heterocycles. The zero-order chi connectivity index (χ0) is 13.3. The second kappa shape index (κ2) is 7.91. The first-order valence-electron chi connectivity index (χ1n) is 6.92. The van der Waals surface area contributed by atoms with E-state index in [9.17, 15) is 4.79 Å². The standard InChI is InChI=1S/C13H22N4O2/c18-13(10-19-11-3-6-14-7-4-11)17-5-1-2-12-15-8-9-16-12/h8-9,11,14H,1-7,10H2,(H,15,16)(H,17,18). The molecule has 1 aliphatic heterocycles. The predicted octanol–water partition coefficient (Wildman–Crippen LogP) is 0.227. The van der Waals surface area contributed by atoms with Crippen LogP contribution in [0.25, 0.3) is 0 Å². The van der Waals surface area contributed by atoms with Crippen LogP contribution in [0, 0.1) is 0 Å². The van der Waals surface area contributed by atoms with Crippen LogP contribution in [0.15, 0.2) is 12.4 Å². The highest BCUT2D eigenvalue weighted by Crippen LogP contribution is 2.06. The van der Waals surface area contributed by atoms with Crippen molar-refractivity contribution in [3.8, 4) is 0 Å². The number of carbonyl (C=O) groups is 1. The van der Waals surface area contributed by atoms with Crippen LogP contribution in [0.2, 0.25) is 0 Å². The Labute approximate surface area is 113 Å². The Balaban J connectivity index is 1.49. The van der Waals surface area contributed by atoms with Crippen molar-refractivity contribution in [2.75, 3.05) is 26.2 Å². The molecule has 3 N–H and O–H groups in total. The van der Waals surface area contributed by atoms with Gasteiger partial charge in [0.05, 0.1) is 6.10 Å². The first-order chi connectivity index (χ1) is 9.34. The fourth-order valence-corrected chi connectivity index (χ4v) is 2.13. The van der Waals surface area contributed by atoms with Gasteiger partial charge in [0, 0.05) is 25.4 Å². The Morgan fingerprint density at radius 1 is 1.47 bits per heavy atom. The fraction of sp³-hybridized carbons (Fsp3) is 0.692. The molecular weight excluding hydrogens is 244 g/mol. The van der Waals surface area contributed by atoms with Gasteiger partial charge >= 0.3 is 0 Å². The van der Waals surface area contributed by atoms with Crippen molar-refractivity contribution in [3.63, 3.8) is 0 Å². The van der Waals surface area contributed by atoms with E-state index in [0.29, 0.717) is 6.54 Å². The molecular formula is C13H22N4O2. The van der Waals surface area contributed by atoms with Gasteiger partial charge in [0.1, 0.15) is 12.4 Å². The minimum atomic E-state index is -0.0297. The molecule has 1 fully saturated rings. The highest BCUT2D eigenvalue weighted by atomic mass is 16.5. The number of hydrogen-bond donors (Lipinski definition) is 3. The van der Waals surface area contributed by atoms with Gasteiger partial charge in [0.2, 0.25) is 5.91 Å². The van der Waals surface area contributed by atoms with Crippen molar-refractivity contribution in [2.45, 2.75) is 31.8 Å². The minimum absolute atomic E-state index is 0.0297. The number of H-pyrrole nitrogens is 1.